The number of amides is 1. The molecule has 20 heavy (non-hydrogen) atoms. The van der Waals surface area contributed by atoms with E-state index in [1.54, 1.807) is 4.90 Å². The van der Waals surface area contributed by atoms with Gasteiger partial charge in [-0.05, 0) is 24.1 Å². The van der Waals surface area contributed by atoms with Crippen molar-refractivity contribution in [1.82, 2.24) is 10.2 Å². The quantitative estimate of drug-likeness (QED) is 0.830. The van der Waals surface area contributed by atoms with E-state index < -0.39 is 12.0 Å². The molecule has 0 aliphatic carbocycles. The van der Waals surface area contributed by atoms with E-state index in [1.807, 2.05) is 24.3 Å². The van der Waals surface area contributed by atoms with Crippen molar-refractivity contribution in [2.45, 2.75) is 25.4 Å². The van der Waals surface area contributed by atoms with Crippen LogP contribution >= 0.6 is 0 Å². The Balaban J connectivity index is 1.88. The molecule has 2 aliphatic heterocycles. The molecule has 2 atom stereocenters. The summed E-state index contributed by atoms with van der Waals surface area (Å²) in [7, 11) is 0. The highest BCUT2D eigenvalue weighted by Crippen LogP contribution is 2.26. The summed E-state index contributed by atoms with van der Waals surface area (Å²) in [6.07, 6.45) is 1.20. The first-order valence-electron chi connectivity index (χ1n) is 6.97. The van der Waals surface area contributed by atoms with E-state index in [0.717, 1.165) is 24.1 Å². The van der Waals surface area contributed by atoms with Crippen molar-refractivity contribution in [3.05, 3.63) is 35.4 Å². The Morgan fingerprint density at radius 3 is 2.65 bits per heavy atom. The van der Waals surface area contributed by atoms with Crippen LogP contribution in [0.4, 0.5) is 0 Å². The van der Waals surface area contributed by atoms with Crippen LogP contribution in [0.25, 0.3) is 0 Å². The van der Waals surface area contributed by atoms with Gasteiger partial charge in [0.1, 0.15) is 6.04 Å². The maximum atomic E-state index is 12.5. The van der Waals surface area contributed by atoms with Gasteiger partial charge in [-0.3, -0.25) is 4.79 Å². The average Bonchev–Trinajstić information content (AvgIpc) is 2.99. The minimum Gasteiger partial charge on any atom is -0.480 e. The molecule has 2 N–H and O–H groups in total. The van der Waals surface area contributed by atoms with Gasteiger partial charge in [-0.1, -0.05) is 24.3 Å². The molecule has 3 rings (SSSR count). The molecule has 1 unspecified atom stereocenters. The third-order valence-corrected chi connectivity index (χ3v) is 4.23. The smallest absolute Gasteiger partial charge is 0.326 e. The SMILES string of the molecule is O=C(O)[C@@H]1Cc2ccccc2CN1C(=O)C1CCNC1. The van der Waals surface area contributed by atoms with Crippen molar-refractivity contribution in [3.63, 3.8) is 0 Å². The van der Waals surface area contributed by atoms with Crippen molar-refractivity contribution in [2.75, 3.05) is 13.1 Å². The van der Waals surface area contributed by atoms with Gasteiger partial charge in [0.15, 0.2) is 0 Å². The van der Waals surface area contributed by atoms with E-state index in [4.69, 9.17) is 0 Å². The lowest BCUT2D eigenvalue weighted by Gasteiger charge is -2.35. The molecule has 0 radical (unpaired) electrons. The number of fused-ring (bicyclic) bond motifs is 1. The van der Waals surface area contributed by atoms with Crippen LogP contribution in [0.15, 0.2) is 24.3 Å². The molecule has 1 amide bonds. The van der Waals surface area contributed by atoms with Crippen molar-refractivity contribution < 1.29 is 14.7 Å². The monoisotopic (exact) mass is 274 g/mol. The number of carboxylic acids is 1. The molecule has 5 nitrogen and oxygen atoms in total. The summed E-state index contributed by atoms with van der Waals surface area (Å²) < 4.78 is 0. The summed E-state index contributed by atoms with van der Waals surface area (Å²) in [5.41, 5.74) is 2.10. The number of hydrogen-bond donors (Lipinski definition) is 2. The Bertz CT molecular complexity index is 538. The number of rotatable bonds is 2. The summed E-state index contributed by atoms with van der Waals surface area (Å²) in [5, 5.41) is 12.6. The van der Waals surface area contributed by atoms with E-state index in [2.05, 4.69) is 5.32 Å². The molecule has 1 aromatic rings. The second-order valence-electron chi connectivity index (χ2n) is 5.48. The molecule has 0 spiro atoms. The van der Waals surface area contributed by atoms with Crippen LogP contribution < -0.4 is 5.32 Å². The third-order valence-electron chi connectivity index (χ3n) is 4.23. The molecule has 0 bridgehead atoms. The lowest BCUT2D eigenvalue weighted by atomic mass is 9.92. The first kappa shape index (κ1) is 13.1. The normalized spacial score (nSPS) is 25.3. The van der Waals surface area contributed by atoms with E-state index in [9.17, 15) is 14.7 Å². The van der Waals surface area contributed by atoms with Crippen molar-refractivity contribution >= 4 is 11.9 Å². The fraction of sp³-hybridized carbons (Fsp3) is 0.467. The lowest BCUT2D eigenvalue weighted by Crippen LogP contribution is -2.50. The number of nitrogens with zero attached hydrogens (tertiary/aromatic N) is 1. The summed E-state index contributed by atoms with van der Waals surface area (Å²) >= 11 is 0. The zero-order chi connectivity index (χ0) is 14.1. The molecule has 0 saturated carbocycles. The molecule has 0 aromatic heterocycles. The molecular weight excluding hydrogens is 256 g/mol. The number of carboxylic acid groups (broad SMARTS) is 1. The second kappa shape index (κ2) is 5.25. The van der Waals surface area contributed by atoms with Crippen LogP contribution in [0.5, 0.6) is 0 Å². The van der Waals surface area contributed by atoms with Crippen LogP contribution in [0.1, 0.15) is 17.5 Å². The molecule has 1 saturated heterocycles. The topological polar surface area (TPSA) is 69.6 Å². The second-order valence-corrected chi connectivity index (χ2v) is 5.48. The van der Waals surface area contributed by atoms with Crippen LogP contribution in [0.2, 0.25) is 0 Å². The van der Waals surface area contributed by atoms with Gasteiger partial charge in [-0.25, -0.2) is 4.79 Å². The molecule has 5 heteroatoms. The van der Waals surface area contributed by atoms with Crippen molar-refractivity contribution in [3.8, 4) is 0 Å². The Morgan fingerprint density at radius 1 is 1.25 bits per heavy atom. The lowest BCUT2D eigenvalue weighted by molar-refractivity contribution is -0.153. The van der Waals surface area contributed by atoms with Gasteiger partial charge >= 0.3 is 5.97 Å². The summed E-state index contributed by atoms with van der Waals surface area (Å²) in [6.45, 7) is 1.89. The molecule has 2 aliphatic rings. The van der Waals surface area contributed by atoms with Gasteiger partial charge in [-0.15, -0.1) is 0 Å². The van der Waals surface area contributed by atoms with Crippen LogP contribution in [-0.2, 0) is 22.6 Å². The van der Waals surface area contributed by atoms with E-state index in [1.165, 1.54) is 0 Å². The average molecular weight is 274 g/mol. The Morgan fingerprint density at radius 2 is 2.00 bits per heavy atom. The summed E-state index contributed by atoms with van der Waals surface area (Å²) in [5.74, 6) is -1.03. The fourth-order valence-electron chi connectivity index (χ4n) is 3.08. The van der Waals surface area contributed by atoms with Crippen LogP contribution in [-0.4, -0.2) is 41.0 Å². The third kappa shape index (κ3) is 2.29. The molecular formula is C15H18N2O3. The van der Waals surface area contributed by atoms with E-state index in [-0.39, 0.29) is 11.8 Å². The fourth-order valence-corrected chi connectivity index (χ4v) is 3.08. The van der Waals surface area contributed by atoms with Gasteiger partial charge in [0, 0.05) is 19.5 Å². The summed E-state index contributed by atoms with van der Waals surface area (Å²) in [6, 6.07) is 7.03. The Kier molecular flexibility index (Phi) is 3.44. The van der Waals surface area contributed by atoms with Crippen LogP contribution in [0.3, 0.4) is 0 Å². The van der Waals surface area contributed by atoms with Gasteiger partial charge in [0.25, 0.3) is 0 Å². The molecule has 2 heterocycles. The Labute approximate surface area is 117 Å². The zero-order valence-corrected chi connectivity index (χ0v) is 11.2. The van der Waals surface area contributed by atoms with Crippen LogP contribution in [0, 0.1) is 5.92 Å². The highest BCUT2D eigenvalue weighted by atomic mass is 16.4. The van der Waals surface area contributed by atoms with Gasteiger partial charge in [-0.2, -0.15) is 0 Å². The number of aliphatic carboxylic acids is 1. The summed E-state index contributed by atoms with van der Waals surface area (Å²) in [4.78, 5) is 25.6. The largest absolute Gasteiger partial charge is 0.480 e. The number of carbonyl (C=O) groups excluding carboxylic acids is 1. The van der Waals surface area contributed by atoms with Crippen molar-refractivity contribution in [2.24, 2.45) is 5.92 Å². The zero-order valence-electron chi connectivity index (χ0n) is 11.2. The molecule has 106 valence electrons. The molecule has 1 fully saturated rings. The van der Waals surface area contributed by atoms with Gasteiger partial charge in [0.2, 0.25) is 5.91 Å². The maximum Gasteiger partial charge on any atom is 0.326 e. The highest BCUT2D eigenvalue weighted by Gasteiger charge is 2.37. The number of benzene rings is 1. The maximum absolute atomic E-state index is 12.5. The predicted octanol–water partition coefficient (Wildman–Crippen LogP) is 0.634. The standard InChI is InChI=1S/C15H18N2O3/c18-14(11-5-6-16-8-11)17-9-12-4-2-1-3-10(12)7-13(17)15(19)20/h1-4,11,13,16H,5-9H2,(H,19,20)/t11?,13-/m0/s1. The Hall–Kier alpha value is -1.88. The minimum atomic E-state index is -0.918. The molecule has 1 aromatic carbocycles. The first-order valence-corrected chi connectivity index (χ1v) is 6.97. The van der Waals surface area contributed by atoms with E-state index in [0.29, 0.717) is 19.5 Å². The van der Waals surface area contributed by atoms with Gasteiger partial charge in [0.05, 0.1) is 5.92 Å². The van der Waals surface area contributed by atoms with Gasteiger partial charge < -0.3 is 15.3 Å². The first-order chi connectivity index (χ1) is 9.66. The predicted molar refractivity (Wildman–Crippen MR) is 73.1 cm³/mol. The number of nitrogens with one attached hydrogen (secondary N) is 1. The highest BCUT2D eigenvalue weighted by molar-refractivity contribution is 5.86. The van der Waals surface area contributed by atoms with E-state index >= 15 is 0 Å². The van der Waals surface area contributed by atoms with Crippen molar-refractivity contribution in [1.29, 1.82) is 0 Å². The number of hydrogen-bond acceptors (Lipinski definition) is 3. The number of carbonyl (C=O) groups is 2. The minimum absolute atomic E-state index is 0.0306.